The minimum absolute atomic E-state index is 0.0615. The van der Waals surface area contributed by atoms with E-state index < -0.39 is 0 Å². The Morgan fingerprint density at radius 1 is 1.10 bits per heavy atom. The highest BCUT2D eigenvalue weighted by molar-refractivity contribution is 6.04. The Morgan fingerprint density at radius 2 is 1.80 bits per heavy atom. The number of benzene rings is 2. The van der Waals surface area contributed by atoms with Crippen LogP contribution in [0.3, 0.4) is 0 Å². The van der Waals surface area contributed by atoms with Crippen LogP contribution in [0.5, 0.6) is 0 Å². The zero-order valence-electron chi connectivity index (χ0n) is 17.2. The van der Waals surface area contributed by atoms with Gasteiger partial charge in [-0.25, -0.2) is 4.39 Å². The second-order valence-corrected chi connectivity index (χ2v) is 7.46. The molecule has 160 valence electrons. The van der Waals surface area contributed by atoms with Gasteiger partial charge in [-0.2, -0.15) is 0 Å². The molecular formula is C23H28FN3O3. The van der Waals surface area contributed by atoms with Gasteiger partial charge >= 0.3 is 0 Å². The Bertz CT molecular complexity index is 849. The maximum Gasteiger partial charge on any atom is 0.253 e. The number of carbonyl (C=O) groups is 2. The van der Waals surface area contributed by atoms with Gasteiger partial charge in [0.1, 0.15) is 5.82 Å². The Balaban J connectivity index is 1.52. The zero-order chi connectivity index (χ0) is 21.3. The molecule has 1 heterocycles. The van der Waals surface area contributed by atoms with E-state index in [9.17, 15) is 14.0 Å². The van der Waals surface area contributed by atoms with Crippen LogP contribution >= 0.6 is 0 Å². The van der Waals surface area contributed by atoms with Crippen LogP contribution in [0.25, 0.3) is 0 Å². The quantitative estimate of drug-likeness (QED) is 0.653. The molecule has 2 amide bonds. The minimum Gasteiger partial charge on any atom is -0.383 e. The molecule has 2 aromatic carbocycles. The van der Waals surface area contributed by atoms with Crippen molar-refractivity contribution in [2.24, 2.45) is 5.92 Å². The van der Waals surface area contributed by atoms with Crippen molar-refractivity contribution in [3.05, 3.63) is 65.5 Å². The normalized spacial score (nSPS) is 15.0. The van der Waals surface area contributed by atoms with E-state index in [0.717, 1.165) is 38.0 Å². The molecule has 0 saturated carbocycles. The molecule has 0 unspecified atom stereocenters. The second kappa shape index (κ2) is 10.8. The number of hydrogen-bond donors (Lipinski definition) is 2. The Hall–Kier alpha value is -2.77. The molecule has 0 spiro atoms. The number of para-hydroxylation sites is 1. The van der Waals surface area contributed by atoms with E-state index in [-0.39, 0.29) is 23.5 Å². The summed E-state index contributed by atoms with van der Waals surface area (Å²) in [5.74, 6) is -0.633. The van der Waals surface area contributed by atoms with Crippen molar-refractivity contribution in [3.8, 4) is 0 Å². The first kappa shape index (κ1) is 21.9. The summed E-state index contributed by atoms with van der Waals surface area (Å²) in [5.41, 5.74) is 2.02. The first-order valence-electron chi connectivity index (χ1n) is 10.2. The molecule has 2 N–H and O–H groups in total. The topological polar surface area (TPSA) is 70.7 Å². The molecule has 1 saturated heterocycles. The molecule has 0 bridgehead atoms. The summed E-state index contributed by atoms with van der Waals surface area (Å²) in [6.07, 6.45) is 1.49. The summed E-state index contributed by atoms with van der Waals surface area (Å²) in [7, 11) is 1.57. The molecule has 6 nitrogen and oxygen atoms in total. The lowest BCUT2D eigenvalue weighted by Gasteiger charge is -2.31. The van der Waals surface area contributed by atoms with Crippen LogP contribution < -0.4 is 10.6 Å². The number of halogens is 1. The Labute approximate surface area is 176 Å². The Kier molecular flexibility index (Phi) is 7.93. The first-order chi connectivity index (χ1) is 14.6. The maximum absolute atomic E-state index is 13.1. The van der Waals surface area contributed by atoms with Crippen LogP contribution in [0, 0.1) is 11.7 Å². The lowest BCUT2D eigenvalue weighted by Crippen LogP contribution is -2.38. The molecule has 1 aliphatic heterocycles. The van der Waals surface area contributed by atoms with Crippen LogP contribution in [-0.4, -0.2) is 50.1 Å². The molecule has 30 heavy (non-hydrogen) atoms. The summed E-state index contributed by atoms with van der Waals surface area (Å²) in [5, 5.41) is 5.71. The molecular weight excluding hydrogens is 385 g/mol. The van der Waals surface area contributed by atoms with Gasteiger partial charge in [-0.15, -0.1) is 0 Å². The number of nitrogens with one attached hydrogen (secondary N) is 2. The predicted molar refractivity (Wildman–Crippen MR) is 114 cm³/mol. The van der Waals surface area contributed by atoms with Gasteiger partial charge in [0.15, 0.2) is 0 Å². The number of ether oxygens (including phenoxy) is 1. The number of anilines is 1. The number of amides is 2. The van der Waals surface area contributed by atoms with Gasteiger partial charge in [0.05, 0.1) is 17.9 Å². The summed E-state index contributed by atoms with van der Waals surface area (Å²) >= 11 is 0. The van der Waals surface area contributed by atoms with Crippen molar-refractivity contribution in [1.82, 2.24) is 10.2 Å². The van der Waals surface area contributed by atoms with Crippen LogP contribution in [0.2, 0.25) is 0 Å². The van der Waals surface area contributed by atoms with E-state index in [4.69, 9.17) is 4.74 Å². The van der Waals surface area contributed by atoms with E-state index in [1.165, 1.54) is 12.1 Å². The van der Waals surface area contributed by atoms with Gasteiger partial charge in [-0.3, -0.25) is 14.5 Å². The number of rotatable bonds is 8. The highest BCUT2D eigenvalue weighted by atomic mass is 19.1. The van der Waals surface area contributed by atoms with Gasteiger partial charge < -0.3 is 15.4 Å². The molecule has 7 heteroatoms. The minimum atomic E-state index is -0.239. The summed E-state index contributed by atoms with van der Waals surface area (Å²) in [6, 6.07) is 13.5. The molecule has 0 aliphatic carbocycles. The average molecular weight is 413 g/mol. The van der Waals surface area contributed by atoms with Crippen LogP contribution in [0.1, 0.15) is 28.8 Å². The smallest absolute Gasteiger partial charge is 0.253 e. The van der Waals surface area contributed by atoms with E-state index in [0.29, 0.717) is 24.4 Å². The molecule has 0 atom stereocenters. The number of hydrogen-bond acceptors (Lipinski definition) is 4. The largest absolute Gasteiger partial charge is 0.383 e. The van der Waals surface area contributed by atoms with Gasteiger partial charge in [-0.05, 0) is 55.8 Å². The third kappa shape index (κ3) is 6.11. The third-order valence-corrected chi connectivity index (χ3v) is 5.30. The summed E-state index contributed by atoms with van der Waals surface area (Å²) < 4.78 is 18.0. The van der Waals surface area contributed by atoms with Crippen LogP contribution in [0.15, 0.2) is 48.5 Å². The highest BCUT2D eigenvalue weighted by Crippen LogP contribution is 2.22. The van der Waals surface area contributed by atoms with Crippen molar-refractivity contribution in [2.45, 2.75) is 19.4 Å². The molecule has 1 fully saturated rings. The van der Waals surface area contributed by atoms with E-state index in [2.05, 4.69) is 15.5 Å². The van der Waals surface area contributed by atoms with Crippen molar-refractivity contribution in [2.75, 3.05) is 38.7 Å². The third-order valence-electron chi connectivity index (χ3n) is 5.30. The number of methoxy groups -OCH3 is 1. The molecule has 0 aromatic heterocycles. The van der Waals surface area contributed by atoms with Gasteiger partial charge in [0, 0.05) is 26.1 Å². The standard InChI is InChI=1S/C23H28FN3O3/c1-30-15-12-25-23(29)20-4-2-3-5-21(20)26-22(28)18-10-13-27(14-11-18)16-17-6-8-19(24)9-7-17/h2-9,18H,10-16H2,1H3,(H,25,29)(H,26,28). The predicted octanol–water partition coefficient (Wildman–Crippen LogP) is 3.05. The van der Waals surface area contributed by atoms with Crippen LogP contribution in [0.4, 0.5) is 10.1 Å². The molecule has 1 aliphatic rings. The van der Waals surface area contributed by atoms with E-state index in [1.807, 2.05) is 0 Å². The monoisotopic (exact) mass is 413 g/mol. The van der Waals surface area contributed by atoms with E-state index in [1.54, 1.807) is 43.5 Å². The van der Waals surface area contributed by atoms with Crippen molar-refractivity contribution in [1.29, 1.82) is 0 Å². The van der Waals surface area contributed by atoms with E-state index >= 15 is 0 Å². The number of nitrogens with zero attached hydrogens (tertiary/aromatic N) is 1. The van der Waals surface area contributed by atoms with Gasteiger partial charge in [0.2, 0.25) is 5.91 Å². The fourth-order valence-electron chi connectivity index (χ4n) is 3.59. The lowest BCUT2D eigenvalue weighted by atomic mass is 9.95. The zero-order valence-corrected chi connectivity index (χ0v) is 17.2. The SMILES string of the molecule is COCCNC(=O)c1ccccc1NC(=O)C1CCN(Cc2ccc(F)cc2)CC1. The number of carbonyl (C=O) groups excluding carboxylic acids is 2. The van der Waals surface area contributed by atoms with Crippen molar-refractivity contribution < 1.29 is 18.7 Å². The van der Waals surface area contributed by atoms with Gasteiger partial charge in [0.25, 0.3) is 5.91 Å². The maximum atomic E-state index is 13.1. The van der Waals surface area contributed by atoms with Gasteiger partial charge in [-0.1, -0.05) is 24.3 Å². The number of piperidine rings is 1. The summed E-state index contributed by atoms with van der Waals surface area (Å²) in [6.45, 7) is 3.18. The number of likely N-dealkylation sites (tertiary alicyclic amines) is 1. The summed E-state index contributed by atoms with van der Waals surface area (Å²) in [4.78, 5) is 27.4. The lowest BCUT2D eigenvalue weighted by molar-refractivity contribution is -0.121. The fraction of sp³-hybridized carbons (Fsp3) is 0.391. The molecule has 2 aromatic rings. The van der Waals surface area contributed by atoms with Crippen molar-refractivity contribution >= 4 is 17.5 Å². The molecule has 3 rings (SSSR count). The second-order valence-electron chi connectivity index (χ2n) is 7.46. The highest BCUT2D eigenvalue weighted by Gasteiger charge is 2.26. The average Bonchev–Trinajstić information content (AvgIpc) is 2.76. The van der Waals surface area contributed by atoms with Crippen LogP contribution in [-0.2, 0) is 16.1 Å². The Morgan fingerprint density at radius 3 is 2.50 bits per heavy atom. The van der Waals surface area contributed by atoms with Crippen molar-refractivity contribution in [3.63, 3.8) is 0 Å². The fourth-order valence-corrected chi connectivity index (χ4v) is 3.59. The molecule has 0 radical (unpaired) electrons. The first-order valence-corrected chi connectivity index (χ1v) is 10.2.